The maximum Gasteiger partial charge on any atom is 0.316 e. The Kier molecular flexibility index (Phi) is 5.45. The van der Waals surface area contributed by atoms with Crippen LogP contribution in [0.5, 0.6) is 11.8 Å². The quantitative estimate of drug-likeness (QED) is 0.766. The van der Waals surface area contributed by atoms with Crippen LogP contribution in [0.15, 0.2) is 36.7 Å². The monoisotopic (exact) mass is 347 g/mol. The van der Waals surface area contributed by atoms with Gasteiger partial charge in [-0.1, -0.05) is 0 Å². The summed E-state index contributed by atoms with van der Waals surface area (Å²) in [6.45, 7) is 2.81. The number of benzene rings is 1. The van der Waals surface area contributed by atoms with E-state index in [0.717, 1.165) is 31.6 Å². The number of likely N-dealkylation sites (tertiary alicyclic amines) is 1. The van der Waals surface area contributed by atoms with Gasteiger partial charge in [-0.2, -0.15) is 0 Å². The molecule has 134 valence electrons. The highest BCUT2D eigenvalue weighted by Gasteiger charge is 2.39. The minimum absolute atomic E-state index is 0.275. The van der Waals surface area contributed by atoms with E-state index in [1.807, 2.05) is 0 Å². The van der Waals surface area contributed by atoms with Crippen molar-refractivity contribution in [1.29, 1.82) is 0 Å². The third kappa shape index (κ3) is 4.43. The molecule has 2 aromatic rings. The van der Waals surface area contributed by atoms with E-state index < -0.39 is 0 Å². The Morgan fingerprint density at radius 1 is 1.16 bits per heavy atom. The molecular formula is C18H22FN3O3. The Hall–Kier alpha value is -2.25. The highest BCUT2D eigenvalue weighted by Crippen LogP contribution is 2.27. The summed E-state index contributed by atoms with van der Waals surface area (Å²) in [6, 6.07) is 6.39. The van der Waals surface area contributed by atoms with Gasteiger partial charge < -0.3 is 14.2 Å². The summed E-state index contributed by atoms with van der Waals surface area (Å²) in [5.74, 6) is 0.363. The molecular weight excluding hydrogens is 325 g/mol. The lowest BCUT2D eigenvalue weighted by atomic mass is 10.0. The van der Waals surface area contributed by atoms with Crippen LogP contribution < -0.4 is 9.47 Å². The van der Waals surface area contributed by atoms with Gasteiger partial charge in [-0.05, 0) is 30.7 Å². The third-order valence-electron chi connectivity index (χ3n) is 4.41. The number of methoxy groups -OCH3 is 2. The van der Waals surface area contributed by atoms with Crippen LogP contribution >= 0.6 is 0 Å². The smallest absolute Gasteiger partial charge is 0.316 e. The zero-order valence-electron chi connectivity index (χ0n) is 14.4. The van der Waals surface area contributed by atoms with E-state index in [-0.39, 0.29) is 11.4 Å². The van der Waals surface area contributed by atoms with Gasteiger partial charge in [0.15, 0.2) is 0 Å². The number of hydrogen-bond acceptors (Lipinski definition) is 6. The minimum Gasteiger partial charge on any atom is -0.491 e. The third-order valence-corrected chi connectivity index (χ3v) is 4.41. The lowest BCUT2D eigenvalue weighted by Crippen LogP contribution is -2.41. The summed E-state index contributed by atoms with van der Waals surface area (Å²) in [7, 11) is 3.25. The molecule has 1 aliphatic heterocycles. The SMILES string of the molecule is COc1ncc(CN2CC[C@@](COc3ccc(F)cc3)(OC)C2)cn1. The van der Waals surface area contributed by atoms with Crippen LogP contribution in [-0.2, 0) is 11.3 Å². The second-order valence-electron chi connectivity index (χ2n) is 6.17. The number of rotatable bonds is 7. The number of hydrogen-bond donors (Lipinski definition) is 0. The lowest BCUT2D eigenvalue weighted by molar-refractivity contribution is -0.0359. The van der Waals surface area contributed by atoms with Crippen molar-refractivity contribution >= 4 is 0 Å². The van der Waals surface area contributed by atoms with Crippen molar-refractivity contribution < 1.29 is 18.6 Å². The highest BCUT2D eigenvalue weighted by molar-refractivity contribution is 5.22. The molecule has 3 rings (SSSR count). The van der Waals surface area contributed by atoms with Crippen LogP contribution in [0.1, 0.15) is 12.0 Å². The molecule has 7 heteroatoms. The van der Waals surface area contributed by atoms with Crippen molar-refractivity contribution in [3.8, 4) is 11.8 Å². The van der Waals surface area contributed by atoms with Crippen molar-refractivity contribution in [2.24, 2.45) is 0 Å². The lowest BCUT2D eigenvalue weighted by Gasteiger charge is -2.28. The molecule has 1 saturated heterocycles. The zero-order valence-corrected chi connectivity index (χ0v) is 14.4. The summed E-state index contributed by atoms with van der Waals surface area (Å²) in [5.41, 5.74) is 0.647. The normalized spacial score (nSPS) is 20.6. The maximum atomic E-state index is 13.0. The first-order valence-electron chi connectivity index (χ1n) is 8.13. The fourth-order valence-electron chi connectivity index (χ4n) is 2.94. The fourth-order valence-corrected chi connectivity index (χ4v) is 2.94. The molecule has 6 nitrogen and oxygen atoms in total. The summed E-state index contributed by atoms with van der Waals surface area (Å²) in [4.78, 5) is 10.5. The largest absolute Gasteiger partial charge is 0.491 e. The van der Waals surface area contributed by atoms with E-state index in [9.17, 15) is 4.39 Å². The molecule has 0 bridgehead atoms. The zero-order chi connectivity index (χ0) is 17.7. The van der Waals surface area contributed by atoms with E-state index >= 15 is 0 Å². The van der Waals surface area contributed by atoms with Crippen molar-refractivity contribution in [2.45, 2.75) is 18.6 Å². The van der Waals surface area contributed by atoms with Gasteiger partial charge in [0.05, 0.1) is 7.11 Å². The van der Waals surface area contributed by atoms with Crippen molar-refractivity contribution in [1.82, 2.24) is 14.9 Å². The van der Waals surface area contributed by atoms with Crippen LogP contribution in [0.2, 0.25) is 0 Å². The van der Waals surface area contributed by atoms with E-state index in [1.54, 1.807) is 38.7 Å². The molecule has 0 N–H and O–H groups in total. The Labute approximate surface area is 146 Å². The molecule has 0 radical (unpaired) electrons. The van der Waals surface area contributed by atoms with Crippen LogP contribution in [0.25, 0.3) is 0 Å². The van der Waals surface area contributed by atoms with Crippen LogP contribution in [0.4, 0.5) is 4.39 Å². The van der Waals surface area contributed by atoms with Gasteiger partial charge in [0, 0.05) is 44.7 Å². The predicted octanol–water partition coefficient (Wildman–Crippen LogP) is 2.29. The first kappa shape index (κ1) is 17.6. The summed E-state index contributed by atoms with van der Waals surface area (Å²) in [5, 5.41) is 0. The minimum atomic E-state index is -0.373. The van der Waals surface area contributed by atoms with Crippen molar-refractivity contribution in [3.63, 3.8) is 0 Å². The fraction of sp³-hybridized carbons (Fsp3) is 0.444. The van der Waals surface area contributed by atoms with Gasteiger partial charge in [-0.15, -0.1) is 0 Å². The standard InChI is InChI=1S/C18H22FN3O3/c1-23-17-20-9-14(10-21-17)11-22-8-7-18(12-22,24-2)13-25-16-5-3-15(19)4-6-16/h3-6,9-10H,7-8,11-13H2,1-2H3/t18-/m1/s1. The molecule has 1 fully saturated rings. The van der Waals surface area contributed by atoms with Gasteiger partial charge in [-0.25, -0.2) is 14.4 Å². The molecule has 0 spiro atoms. The van der Waals surface area contributed by atoms with Crippen LogP contribution in [0, 0.1) is 5.82 Å². The average molecular weight is 347 g/mol. The summed E-state index contributed by atoms with van der Waals surface area (Å²) >= 11 is 0. The molecule has 2 heterocycles. The molecule has 0 aliphatic carbocycles. The molecule has 0 unspecified atom stereocenters. The number of nitrogens with zero attached hydrogens (tertiary/aromatic N) is 3. The Balaban J connectivity index is 1.56. The van der Waals surface area contributed by atoms with E-state index in [0.29, 0.717) is 18.4 Å². The van der Waals surface area contributed by atoms with Gasteiger partial charge in [0.1, 0.15) is 23.8 Å². The first-order chi connectivity index (χ1) is 12.1. The molecule has 0 saturated carbocycles. The summed E-state index contributed by atoms with van der Waals surface area (Å²) in [6.07, 6.45) is 4.41. The van der Waals surface area contributed by atoms with E-state index in [4.69, 9.17) is 14.2 Å². The Bertz CT molecular complexity index is 681. The molecule has 0 amide bonds. The molecule has 1 aromatic carbocycles. The number of halogens is 1. The average Bonchev–Trinajstić information content (AvgIpc) is 3.05. The van der Waals surface area contributed by atoms with Crippen LogP contribution in [-0.4, -0.2) is 54.4 Å². The Morgan fingerprint density at radius 2 is 1.88 bits per heavy atom. The van der Waals surface area contributed by atoms with Crippen molar-refractivity contribution in [3.05, 3.63) is 48.0 Å². The molecule has 25 heavy (non-hydrogen) atoms. The van der Waals surface area contributed by atoms with Gasteiger partial charge in [0.25, 0.3) is 0 Å². The second kappa shape index (κ2) is 7.76. The van der Waals surface area contributed by atoms with E-state index in [2.05, 4.69) is 14.9 Å². The molecule has 1 aliphatic rings. The first-order valence-corrected chi connectivity index (χ1v) is 8.13. The van der Waals surface area contributed by atoms with Crippen molar-refractivity contribution in [2.75, 3.05) is 33.9 Å². The number of aromatic nitrogens is 2. The van der Waals surface area contributed by atoms with Gasteiger partial charge >= 0.3 is 6.01 Å². The van der Waals surface area contributed by atoms with E-state index in [1.165, 1.54) is 12.1 Å². The highest BCUT2D eigenvalue weighted by atomic mass is 19.1. The second-order valence-corrected chi connectivity index (χ2v) is 6.17. The summed E-state index contributed by atoms with van der Waals surface area (Å²) < 4.78 is 29.5. The molecule has 1 atom stereocenters. The number of ether oxygens (including phenoxy) is 3. The topological polar surface area (TPSA) is 56.7 Å². The van der Waals surface area contributed by atoms with Gasteiger partial charge in [0.2, 0.25) is 0 Å². The van der Waals surface area contributed by atoms with Gasteiger partial charge in [-0.3, -0.25) is 4.90 Å². The predicted molar refractivity (Wildman–Crippen MR) is 90.1 cm³/mol. The molecule has 1 aromatic heterocycles. The Morgan fingerprint density at radius 3 is 2.52 bits per heavy atom. The maximum absolute atomic E-state index is 13.0. The van der Waals surface area contributed by atoms with Crippen LogP contribution in [0.3, 0.4) is 0 Å².